The quantitative estimate of drug-likeness (QED) is 0.936. The van der Waals surface area contributed by atoms with Crippen LogP contribution in [0.25, 0.3) is 0 Å². The summed E-state index contributed by atoms with van der Waals surface area (Å²) in [5, 5.41) is 9.87. The van der Waals surface area contributed by atoms with E-state index in [-0.39, 0.29) is 17.0 Å². The Hall–Kier alpha value is -1.67. The highest BCUT2D eigenvalue weighted by Gasteiger charge is 2.31. The molecule has 8 heteroatoms. The van der Waals surface area contributed by atoms with Gasteiger partial charge in [-0.2, -0.15) is 8.75 Å². The molecule has 18 heavy (non-hydrogen) atoms. The van der Waals surface area contributed by atoms with E-state index in [1.807, 2.05) is 0 Å². The topological polar surface area (TPSA) is 55.2 Å². The Morgan fingerprint density at radius 1 is 1.33 bits per heavy atom. The largest absolute Gasteiger partial charge is 0.573 e. The van der Waals surface area contributed by atoms with Crippen molar-refractivity contribution in [1.82, 2.24) is 8.75 Å². The lowest BCUT2D eigenvalue weighted by Gasteiger charge is -2.12. The van der Waals surface area contributed by atoms with Gasteiger partial charge in [-0.15, -0.1) is 13.2 Å². The zero-order valence-electron chi connectivity index (χ0n) is 8.76. The van der Waals surface area contributed by atoms with Gasteiger partial charge in [-0.05, 0) is 17.7 Å². The maximum absolute atomic E-state index is 12.0. The molecule has 0 amide bonds. The van der Waals surface area contributed by atoms with Crippen LogP contribution in [0, 0.1) is 0 Å². The van der Waals surface area contributed by atoms with Gasteiger partial charge in [0.05, 0.1) is 17.9 Å². The highest BCUT2D eigenvalue weighted by atomic mass is 32.1. The van der Waals surface area contributed by atoms with Crippen LogP contribution in [0.4, 0.5) is 13.2 Å². The lowest BCUT2D eigenvalue weighted by Crippen LogP contribution is -2.17. The molecule has 0 aliphatic rings. The summed E-state index contributed by atoms with van der Waals surface area (Å²) in [6.45, 7) is 0. The standard InChI is InChI=1S/C10H7F3N2O2S/c11-10(12,13)17-7-3-1-2-6(4-7)9(16)8-5-14-18-15-8/h1-5,9,16H. The van der Waals surface area contributed by atoms with E-state index in [0.29, 0.717) is 0 Å². The molecule has 0 bridgehead atoms. The number of hydrogen-bond acceptors (Lipinski definition) is 5. The maximum atomic E-state index is 12.0. The van der Waals surface area contributed by atoms with E-state index < -0.39 is 12.5 Å². The van der Waals surface area contributed by atoms with Crippen LogP contribution < -0.4 is 4.74 Å². The number of ether oxygens (including phenoxy) is 1. The Morgan fingerprint density at radius 2 is 2.11 bits per heavy atom. The molecule has 0 fully saturated rings. The zero-order chi connectivity index (χ0) is 13.2. The van der Waals surface area contributed by atoms with E-state index >= 15 is 0 Å². The number of aromatic nitrogens is 2. The highest BCUT2D eigenvalue weighted by Crippen LogP contribution is 2.27. The number of aliphatic hydroxyl groups is 1. The van der Waals surface area contributed by atoms with Crippen molar-refractivity contribution in [3.63, 3.8) is 0 Å². The van der Waals surface area contributed by atoms with E-state index in [4.69, 9.17) is 0 Å². The Balaban J connectivity index is 2.22. The van der Waals surface area contributed by atoms with Crippen LogP contribution >= 0.6 is 11.7 Å². The third kappa shape index (κ3) is 3.17. The van der Waals surface area contributed by atoms with Crippen molar-refractivity contribution < 1.29 is 23.0 Å². The van der Waals surface area contributed by atoms with Crippen LogP contribution in [0.1, 0.15) is 17.4 Å². The normalized spacial score (nSPS) is 13.3. The average molecular weight is 276 g/mol. The van der Waals surface area contributed by atoms with Gasteiger partial charge in [-0.25, -0.2) is 0 Å². The summed E-state index contributed by atoms with van der Waals surface area (Å²) >= 11 is 0.906. The smallest absolute Gasteiger partial charge is 0.406 e. The number of rotatable bonds is 3. The van der Waals surface area contributed by atoms with Gasteiger partial charge in [-0.3, -0.25) is 0 Å². The van der Waals surface area contributed by atoms with Crippen LogP contribution in [-0.4, -0.2) is 20.2 Å². The van der Waals surface area contributed by atoms with E-state index in [0.717, 1.165) is 23.9 Å². The van der Waals surface area contributed by atoms with Crippen molar-refractivity contribution in [2.45, 2.75) is 12.5 Å². The first-order valence-corrected chi connectivity index (χ1v) is 5.50. The van der Waals surface area contributed by atoms with Crippen LogP contribution in [-0.2, 0) is 0 Å². The summed E-state index contributed by atoms with van der Waals surface area (Å²) in [7, 11) is 0. The van der Waals surface area contributed by atoms with Gasteiger partial charge in [-0.1, -0.05) is 12.1 Å². The van der Waals surface area contributed by atoms with Crippen molar-refractivity contribution in [2.24, 2.45) is 0 Å². The molecule has 1 atom stereocenters. The minimum absolute atomic E-state index is 0.254. The number of benzene rings is 1. The second-order valence-electron chi connectivity index (χ2n) is 3.36. The minimum Gasteiger partial charge on any atom is -0.406 e. The molecular weight excluding hydrogens is 269 g/mol. The molecular formula is C10H7F3N2O2S. The van der Waals surface area contributed by atoms with E-state index in [1.54, 1.807) is 0 Å². The fourth-order valence-electron chi connectivity index (χ4n) is 1.34. The molecule has 0 saturated carbocycles. The second-order valence-corrected chi connectivity index (χ2v) is 3.91. The van der Waals surface area contributed by atoms with Gasteiger partial charge in [0.1, 0.15) is 17.5 Å². The SMILES string of the molecule is OC(c1cccc(OC(F)(F)F)c1)c1cnsn1. The first kappa shape index (κ1) is 12.8. The molecule has 96 valence electrons. The molecule has 0 aliphatic heterocycles. The number of nitrogens with zero attached hydrogens (tertiary/aromatic N) is 2. The Morgan fingerprint density at radius 3 is 2.72 bits per heavy atom. The summed E-state index contributed by atoms with van der Waals surface area (Å²) in [4.78, 5) is 0. The minimum atomic E-state index is -4.76. The van der Waals surface area contributed by atoms with E-state index in [9.17, 15) is 18.3 Å². The first-order chi connectivity index (χ1) is 8.46. The maximum Gasteiger partial charge on any atom is 0.573 e. The molecule has 1 N–H and O–H groups in total. The number of aliphatic hydroxyl groups excluding tert-OH is 1. The predicted octanol–water partition coefficient (Wildman–Crippen LogP) is 2.52. The number of hydrogen-bond donors (Lipinski definition) is 1. The summed E-state index contributed by atoms with van der Waals surface area (Å²) in [6, 6.07) is 5.10. The van der Waals surface area contributed by atoms with Gasteiger partial charge in [0.25, 0.3) is 0 Å². The molecule has 2 rings (SSSR count). The van der Waals surface area contributed by atoms with Crippen molar-refractivity contribution in [3.8, 4) is 5.75 Å². The molecule has 1 heterocycles. The van der Waals surface area contributed by atoms with Crippen LogP contribution in [0.15, 0.2) is 30.5 Å². The number of halogens is 3. The summed E-state index contributed by atoms with van der Waals surface area (Å²) in [5.41, 5.74) is 0.536. The van der Waals surface area contributed by atoms with Gasteiger partial charge in [0.2, 0.25) is 0 Å². The molecule has 1 unspecified atom stereocenters. The molecule has 1 aromatic carbocycles. The monoisotopic (exact) mass is 276 g/mol. The molecule has 1 aromatic heterocycles. The lowest BCUT2D eigenvalue weighted by molar-refractivity contribution is -0.274. The fraction of sp³-hybridized carbons (Fsp3) is 0.200. The van der Waals surface area contributed by atoms with Crippen LogP contribution in [0.2, 0.25) is 0 Å². The molecule has 4 nitrogen and oxygen atoms in total. The van der Waals surface area contributed by atoms with Crippen molar-refractivity contribution in [1.29, 1.82) is 0 Å². The predicted molar refractivity (Wildman–Crippen MR) is 57.1 cm³/mol. The van der Waals surface area contributed by atoms with Gasteiger partial charge >= 0.3 is 6.36 Å². The third-order valence-electron chi connectivity index (χ3n) is 2.07. The van der Waals surface area contributed by atoms with Crippen molar-refractivity contribution in [2.75, 3.05) is 0 Å². The van der Waals surface area contributed by atoms with Crippen LogP contribution in [0.3, 0.4) is 0 Å². The van der Waals surface area contributed by atoms with Gasteiger partial charge < -0.3 is 9.84 Å². The van der Waals surface area contributed by atoms with E-state index in [1.165, 1.54) is 18.3 Å². The second kappa shape index (κ2) is 4.91. The van der Waals surface area contributed by atoms with Crippen molar-refractivity contribution >= 4 is 11.7 Å². The third-order valence-corrected chi connectivity index (χ3v) is 2.56. The van der Waals surface area contributed by atoms with E-state index in [2.05, 4.69) is 13.5 Å². The number of alkyl halides is 3. The van der Waals surface area contributed by atoms with Gasteiger partial charge in [0, 0.05) is 0 Å². The Bertz CT molecular complexity index is 516. The van der Waals surface area contributed by atoms with Gasteiger partial charge in [0.15, 0.2) is 0 Å². The molecule has 2 aromatic rings. The average Bonchev–Trinajstić information content (AvgIpc) is 2.79. The highest BCUT2D eigenvalue weighted by molar-refractivity contribution is 6.99. The fourth-order valence-corrected chi connectivity index (χ4v) is 1.79. The Kier molecular flexibility index (Phi) is 3.48. The zero-order valence-corrected chi connectivity index (χ0v) is 9.57. The lowest BCUT2D eigenvalue weighted by atomic mass is 10.1. The molecule has 0 saturated heterocycles. The molecule has 0 radical (unpaired) electrons. The molecule has 0 spiro atoms. The van der Waals surface area contributed by atoms with Crippen LogP contribution in [0.5, 0.6) is 5.75 Å². The molecule has 0 aliphatic carbocycles. The van der Waals surface area contributed by atoms with Crippen molar-refractivity contribution in [3.05, 3.63) is 41.7 Å². The first-order valence-electron chi connectivity index (χ1n) is 4.77. The summed E-state index contributed by atoms with van der Waals surface area (Å²) in [6.07, 6.45) is -4.53. The Labute approximate surface area is 104 Å². The summed E-state index contributed by atoms with van der Waals surface area (Å²) < 4.78 is 47.4. The summed E-state index contributed by atoms with van der Waals surface area (Å²) in [5.74, 6) is -0.387.